The fraction of sp³-hybridized carbons (Fsp3) is 0.870. The molecule has 8 unspecified atom stereocenters. The summed E-state index contributed by atoms with van der Waals surface area (Å²) in [6, 6.07) is 0. The number of ether oxygens (including phenoxy) is 6. The highest BCUT2D eigenvalue weighted by Gasteiger charge is 2.53. The highest BCUT2D eigenvalue weighted by Crippen LogP contribution is 2.41. The first-order valence-corrected chi connectivity index (χ1v) is 21.8. The van der Waals surface area contributed by atoms with Gasteiger partial charge in [-0.2, -0.15) is 0 Å². The average molecular weight is 939 g/mol. The summed E-state index contributed by atoms with van der Waals surface area (Å²) >= 11 is 0. The number of aromatic nitrogens is 3. The molecule has 3 saturated heterocycles. The third kappa shape index (κ3) is 11.7. The van der Waals surface area contributed by atoms with E-state index in [0.29, 0.717) is 6.29 Å². The fourth-order valence-corrected chi connectivity index (χ4v) is 10.9. The van der Waals surface area contributed by atoms with Gasteiger partial charge in [0.05, 0.1) is 61.8 Å². The molecule has 1 aromatic heterocycles. The molecule has 3 fully saturated rings. The summed E-state index contributed by atoms with van der Waals surface area (Å²) in [5.41, 5.74) is -2.28. The zero-order valence-corrected chi connectivity index (χ0v) is 37.9. The summed E-state index contributed by atoms with van der Waals surface area (Å²) in [6.07, 6.45) is -9.00. The number of nitrogens with zero attached hydrogens (tertiary/aromatic N) is 3. The Labute approximate surface area is 324 Å². The van der Waals surface area contributed by atoms with Crippen molar-refractivity contribution in [3.63, 3.8) is 0 Å². The quantitative estimate of drug-likeness (QED) is 0.120. The zero-order chi connectivity index (χ0) is 38.5. The number of hydrogen-bond donors (Lipinski definition) is 0. The maximum Gasteiger partial charge on any atom is 0.187 e. The first-order valence-electron chi connectivity index (χ1n) is 15.4. The molecule has 3 aliphatic rings. The molecular weight excluding hydrogens is 900 g/mol. The highest BCUT2D eigenvalue weighted by molar-refractivity contribution is 7.30. The lowest BCUT2D eigenvalue weighted by molar-refractivity contribution is -0.311. The summed E-state index contributed by atoms with van der Waals surface area (Å²) in [7, 11) is 11.4. The first-order chi connectivity index (χ1) is 25.8. The number of aldehydes is 1. The molecule has 0 N–H and O–H groups in total. The Morgan fingerprint density at radius 2 is 1.17 bits per heavy atom. The van der Waals surface area contributed by atoms with Crippen LogP contribution in [-0.4, -0.2) is 138 Å². The molecule has 0 amide bonds. The molecule has 53 heavy (non-hydrogen) atoms. The van der Waals surface area contributed by atoms with Crippen molar-refractivity contribution in [1.29, 1.82) is 0 Å². The maximum absolute atomic E-state index is 12.5. The summed E-state index contributed by atoms with van der Waals surface area (Å²) in [5.74, 6) is 0. The monoisotopic (exact) mass is 939 g/mol. The topological polar surface area (TPSA) is 227 Å². The number of carbonyl (C=O) groups is 1. The van der Waals surface area contributed by atoms with Crippen LogP contribution in [0.5, 0.6) is 0 Å². The van der Waals surface area contributed by atoms with Gasteiger partial charge in [-0.25, -0.2) is 4.68 Å². The van der Waals surface area contributed by atoms with E-state index in [2.05, 4.69) is 67.1 Å². The van der Waals surface area contributed by atoms with Gasteiger partial charge in [-0.1, -0.05) is 5.21 Å². The molecule has 0 aliphatic carbocycles. The number of rotatable bonds is 22. The lowest BCUT2D eigenvalue weighted by atomic mass is 9.99. The molecule has 30 heteroatoms. The van der Waals surface area contributed by atoms with Gasteiger partial charge in [-0.15, -0.1) is 5.10 Å². The van der Waals surface area contributed by atoms with E-state index < -0.39 is 90.8 Å². The van der Waals surface area contributed by atoms with Crippen molar-refractivity contribution in [2.45, 2.75) is 97.3 Å². The van der Waals surface area contributed by atoms with Gasteiger partial charge in [0, 0.05) is 56.8 Å². The Hall–Kier alpha value is 1.31. The second-order valence-electron chi connectivity index (χ2n) is 11.4. The van der Waals surface area contributed by atoms with Crippen LogP contribution in [0.25, 0.3) is 0 Å². The van der Waals surface area contributed by atoms with E-state index in [1.165, 1.54) is 10.9 Å². The largest absolute Gasteiger partial charge is 0.358 e. The summed E-state index contributed by atoms with van der Waals surface area (Å²) in [4.78, 5) is 11.0. The van der Waals surface area contributed by atoms with Crippen molar-refractivity contribution in [2.75, 3.05) is 26.0 Å². The highest BCUT2D eigenvalue weighted by atomic mass is 31.1. The summed E-state index contributed by atoms with van der Waals surface area (Å²) < 4.78 is 120. The molecule has 298 valence electrons. The minimum atomic E-state index is -1.17. The minimum absolute atomic E-state index is 0.0318. The van der Waals surface area contributed by atoms with E-state index in [0.717, 1.165) is 0 Å². The van der Waals surface area contributed by atoms with Crippen molar-refractivity contribution in [3.05, 3.63) is 11.9 Å². The van der Waals surface area contributed by atoms with Gasteiger partial charge in [0.2, 0.25) is 0 Å². The van der Waals surface area contributed by atoms with Gasteiger partial charge in [0.25, 0.3) is 0 Å². The van der Waals surface area contributed by atoms with Crippen molar-refractivity contribution in [3.8, 4) is 0 Å². The van der Waals surface area contributed by atoms with Crippen molar-refractivity contribution >= 4 is 96.9 Å². The maximum atomic E-state index is 12.5. The Kier molecular flexibility index (Phi) is 21.6. The lowest BCUT2D eigenvalue weighted by Crippen LogP contribution is -2.62. The summed E-state index contributed by atoms with van der Waals surface area (Å²) in [5, 5.41) is 7.60. The van der Waals surface area contributed by atoms with Crippen LogP contribution in [0.1, 0.15) is 10.5 Å². The van der Waals surface area contributed by atoms with Crippen molar-refractivity contribution < 1.29 is 78.6 Å². The second-order valence-corrected chi connectivity index (χ2v) is 16.1. The number of hydrogen-bond acceptors (Lipinski definition) is 19. The van der Waals surface area contributed by atoms with E-state index >= 15 is 0 Å². The van der Waals surface area contributed by atoms with Crippen LogP contribution in [0, 0.1) is 0 Å². The van der Waals surface area contributed by atoms with Gasteiger partial charge >= 0.3 is 0 Å². The normalized spacial score (nSPS) is 38.1. The Bertz CT molecular complexity index is 1330. The van der Waals surface area contributed by atoms with E-state index in [4.69, 9.17) is 55.6 Å². The zero-order valence-electron chi connectivity index (χ0n) is 27.4. The third-order valence-electron chi connectivity index (χ3n) is 8.55. The molecule has 0 bridgehead atoms. The molecule has 0 spiro atoms. The third-order valence-corrected chi connectivity index (χ3v) is 13.8. The van der Waals surface area contributed by atoms with E-state index in [1.54, 1.807) is 0 Å². The van der Waals surface area contributed by atoms with Gasteiger partial charge in [0.15, 0.2) is 59.0 Å². The Balaban J connectivity index is 1.49. The van der Waals surface area contributed by atoms with E-state index in [9.17, 15) is 23.1 Å². The molecule has 20 nitrogen and oxygen atoms in total. The van der Waals surface area contributed by atoms with Gasteiger partial charge in [0.1, 0.15) is 54.5 Å². The van der Waals surface area contributed by atoms with Gasteiger partial charge in [-0.05, 0) is 0 Å². The predicted octanol–water partition coefficient (Wildman–Crippen LogP) is 2.64. The van der Waals surface area contributed by atoms with Crippen LogP contribution < -0.4 is 0 Å². The second kappa shape index (κ2) is 24.4. The van der Waals surface area contributed by atoms with Crippen LogP contribution in [0.4, 0.5) is 0 Å². The predicted molar refractivity (Wildman–Crippen MR) is 203 cm³/mol. The fourth-order valence-electron chi connectivity index (χ4n) is 5.98. The van der Waals surface area contributed by atoms with Crippen molar-refractivity contribution in [2.24, 2.45) is 0 Å². The number of carbonyl (C=O) groups excluding carboxylic acids is 1. The first kappa shape index (κ1) is 47.0. The molecule has 1 aromatic rings. The van der Waals surface area contributed by atoms with Gasteiger partial charge in [-0.3, -0.25) is 23.1 Å². The van der Waals surface area contributed by atoms with Crippen LogP contribution in [-0.2, 0) is 80.4 Å². The molecule has 0 saturated carbocycles. The Morgan fingerprint density at radius 3 is 1.72 bits per heavy atom. The van der Waals surface area contributed by atoms with E-state index in [-0.39, 0.29) is 72.1 Å². The van der Waals surface area contributed by atoms with E-state index in [1.807, 2.05) is 0 Å². The molecule has 4 heterocycles. The molecule has 4 rings (SSSR count). The summed E-state index contributed by atoms with van der Waals surface area (Å²) in [6.45, 7) is -0.0849. The molecule has 3 aliphatic heterocycles. The Morgan fingerprint density at radius 1 is 0.642 bits per heavy atom. The smallest absolute Gasteiger partial charge is 0.187 e. The molecule has 0 radical (unpaired) electrons. The minimum Gasteiger partial charge on any atom is -0.358 e. The molecule has 0 aromatic carbocycles. The SMILES string of the molecule is O=Cc1cn(CCO[C@@H]2OC(CO[C@@H]3OC(CO[C@@H]4O[C@H](CP=O)[C@@H](P=O)[C@H](P=O)[C@H]4OP)[C@@H](P=O)[C@H](OP)[C@H]3OP)[C@@H](OP)[C@H](OP)[C@H]2OP)nn1. The van der Waals surface area contributed by atoms with Gasteiger partial charge < -0.3 is 55.6 Å². The van der Waals surface area contributed by atoms with Crippen LogP contribution in [0.3, 0.4) is 0 Å². The van der Waals surface area contributed by atoms with Crippen LogP contribution >= 0.6 is 90.6 Å². The lowest BCUT2D eigenvalue weighted by Gasteiger charge is -2.46. The molecule has 21 atom stereocenters. The van der Waals surface area contributed by atoms with Crippen LogP contribution in [0.15, 0.2) is 6.20 Å². The molecular formula is C23H39N3O17P10. The standard InChI is InChI=1S/C23H39N3O17P10/c27-4-8-3-26(25-24-8)1-2-32-21-15(41-47)13(39-45)12(38-44)9(35-21)5-33-22-16(42-48)14(40-46)18(51-29)10(36-22)6-34-23-17(43-49)20(53-31)19(52-30)11(37-23)7-50-28/h3-4,9-23H,1-2,5-7,44-49H2/t9?,10?,11-,12-,13+,14-,15-,16-,17-,18-,19-,20-,21-,22-,23-/m1/s1. The van der Waals surface area contributed by atoms with Crippen LogP contribution in [0.2, 0.25) is 0 Å². The van der Waals surface area contributed by atoms with Crippen molar-refractivity contribution in [1.82, 2.24) is 15.0 Å². The average Bonchev–Trinajstić information content (AvgIpc) is 3.65.